The van der Waals surface area contributed by atoms with Gasteiger partial charge in [0.05, 0.1) is 46.8 Å². The van der Waals surface area contributed by atoms with E-state index in [4.69, 9.17) is 16.3 Å². The van der Waals surface area contributed by atoms with E-state index in [0.717, 1.165) is 22.3 Å². The second-order valence-corrected chi connectivity index (χ2v) is 11.2. The number of rotatable bonds is 7. The van der Waals surface area contributed by atoms with Gasteiger partial charge in [-0.1, -0.05) is 23.7 Å². The molecule has 4 aromatic rings. The van der Waals surface area contributed by atoms with Crippen molar-refractivity contribution in [1.82, 2.24) is 29.9 Å². The lowest BCUT2D eigenvalue weighted by molar-refractivity contribution is -0.141. The zero-order valence-electron chi connectivity index (χ0n) is 24.5. The normalized spacial score (nSPS) is 17.9. The van der Waals surface area contributed by atoms with Gasteiger partial charge in [-0.15, -0.1) is 5.10 Å². The number of carbonyl (C=O) groups is 2. The molecule has 230 valence electrons. The van der Waals surface area contributed by atoms with Crippen molar-refractivity contribution in [1.29, 1.82) is 0 Å². The molecule has 1 N–H and O–H groups in total. The van der Waals surface area contributed by atoms with Gasteiger partial charge in [-0.25, -0.2) is 14.6 Å². The van der Waals surface area contributed by atoms with E-state index in [0.29, 0.717) is 33.1 Å². The average molecular weight is 628 g/mol. The van der Waals surface area contributed by atoms with Crippen LogP contribution in [0.25, 0.3) is 16.7 Å². The van der Waals surface area contributed by atoms with E-state index in [1.54, 1.807) is 38.1 Å². The Kier molecular flexibility index (Phi) is 8.10. The van der Waals surface area contributed by atoms with Crippen molar-refractivity contribution in [3.63, 3.8) is 0 Å². The van der Waals surface area contributed by atoms with Crippen LogP contribution in [0.15, 0.2) is 54.6 Å². The summed E-state index contributed by atoms with van der Waals surface area (Å²) in [6.45, 7) is 7.22. The lowest BCUT2D eigenvalue weighted by Crippen LogP contribution is -2.50. The zero-order chi connectivity index (χ0) is 32.0. The van der Waals surface area contributed by atoms with Gasteiger partial charge in [0, 0.05) is 23.3 Å². The fraction of sp³-hybridized carbons (Fsp3) is 0.333. The predicted molar refractivity (Wildman–Crippen MR) is 157 cm³/mol. The number of aromatic nitrogens is 5. The minimum Gasteiger partial charge on any atom is -0.499 e. The van der Waals surface area contributed by atoms with Gasteiger partial charge in [0.1, 0.15) is 11.8 Å². The highest BCUT2D eigenvalue weighted by Crippen LogP contribution is 2.44. The standard InChI is InChI=1S/C30H29ClF3N7O3/c1-6-23(28(43)37-19-8-9-21-22(12-19)36-17(3)16(2)35-21)40-15-26(44-5)29(4,13-27(40)42)20-11-18(31)7-10-24(20)41-14-25(38-39-41)30(32,33)34/h7-12,14-15,23H,6,13H2,1-5H3,(H,37,43)/t23-,29?/m0/s1. The molecule has 3 heterocycles. The summed E-state index contributed by atoms with van der Waals surface area (Å²) in [5, 5.41) is 10.1. The number of amides is 2. The van der Waals surface area contributed by atoms with Crippen LogP contribution in [-0.4, -0.2) is 54.8 Å². The Balaban J connectivity index is 1.48. The van der Waals surface area contributed by atoms with Crippen LogP contribution < -0.4 is 5.32 Å². The Labute approximate surface area is 255 Å². The van der Waals surface area contributed by atoms with E-state index in [2.05, 4.69) is 25.6 Å². The van der Waals surface area contributed by atoms with Gasteiger partial charge < -0.3 is 15.0 Å². The van der Waals surface area contributed by atoms with Gasteiger partial charge in [-0.2, -0.15) is 13.2 Å². The fourth-order valence-electron chi connectivity index (χ4n) is 5.30. The van der Waals surface area contributed by atoms with Crippen molar-refractivity contribution in [3.05, 3.63) is 82.2 Å². The second kappa shape index (κ2) is 11.5. The molecule has 14 heteroatoms. The molecule has 2 atom stereocenters. The molecule has 0 saturated heterocycles. The highest BCUT2D eigenvalue weighted by molar-refractivity contribution is 6.30. The van der Waals surface area contributed by atoms with E-state index in [1.807, 2.05) is 13.8 Å². The molecule has 1 unspecified atom stereocenters. The van der Waals surface area contributed by atoms with Crippen molar-refractivity contribution >= 4 is 40.1 Å². The number of hydrogen-bond donors (Lipinski definition) is 1. The lowest BCUT2D eigenvalue weighted by Gasteiger charge is -2.40. The van der Waals surface area contributed by atoms with Crippen LogP contribution >= 0.6 is 11.6 Å². The molecule has 0 fully saturated rings. The Bertz CT molecular complexity index is 1810. The van der Waals surface area contributed by atoms with Crippen molar-refractivity contribution in [3.8, 4) is 5.69 Å². The summed E-state index contributed by atoms with van der Waals surface area (Å²) < 4.78 is 46.6. The van der Waals surface area contributed by atoms with Crippen molar-refractivity contribution in [2.45, 2.75) is 58.2 Å². The molecule has 44 heavy (non-hydrogen) atoms. The molecule has 1 aliphatic rings. The Morgan fingerprint density at radius 3 is 2.48 bits per heavy atom. The van der Waals surface area contributed by atoms with Crippen LogP contribution in [0, 0.1) is 13.8 Å². The molecule has 5 rings (SSSR count). The smallest absolute Gasteiger partial charge is 0.436 e. The number of aryl methyl sites for hydroxylation is 2. The van der Waals surface area contributed by atoms with Crippen molar-refractivity contribution in [2.75, 3.05) is 12.4 Å². The maximum absolute atomic E-state index is 13.7. The summed E-state index contributed by atoms with van der Waals surface area (Å²) in [5.74, 6) is -0.515. The number of alkyl halides is 3. The number of nitrogens with zero attached hydrogens (tertiary/aromatic N) is 6. The lowest BCUT2D eigenvalue weighted by atomic mass is 9.74. The number of fused-ring (bicyclic) bond motifs is 1. The molecule has 0 saturated carbocycles. The van der Waals surface area contributed by atoms with E-state index in [-0.39, 0.29) is 18.5 Å². The monoisotopic (exact) mass is 627 g/mol. The molecular formula is C30H29ClF3N7O3. The number of nitrogens with one attached hydrogen (secondary N) is 1. The number of halogens is 4. The molecule has 0 radical (unpaired) electrons. The third-order valence-electron chi connectivity index (χ3n) is 7.76. The topological polar surface area (TPSA) is 115 Å². The summed E-state index contributed by atoms with van der Waals surface area (Å²) >= 11 is 6.32. The first-order chi connectivity index (χ1) is 20.7. The Morgan fingerprint density at radius 2 is 1.84 bits per heavy atom. The molecule has 0 bridgehead atoms. The molecule has 0 aliphatic carbocycles. The molecular weight excluding hydrogens is 599 g/mol. The summed E-state index contributed by atoms with van der Waals surface area (Å²) in [7, 11) is 1.42. The molecule has 2 aromatic carbocycles. The molecule has 2 amide bonds. The SMILES string of the molecule is CC[C@@H](C(=O)Nc1ccc2nc(C)c(C)nc2c1)N1C=C(OC)C(C)(c2cc(Cl)ccc2-n2cc(C(F)(F)F)nn2)CC1=O. The fourth-order valence-corrected chi connectivity index (χ4v) is 5.47. The minimum atomic E-state index is -4.69. The second-order valence-electron chi connectivity index (χ2n) is 10.7. The summed E-state index contributed by atoms with van der Waals surface area (Å²) in [5.41, 5.74) is 1.69. The number of methoxy groups -OCH3 is 1. The third kappa shape index (κ3) is 5.71. The van der Waals surface area contributed by atoms with Crippen LogP contribution in [0.1, 0.15) is 49.3 Å². The highest BCUT2D eigenvalue weighted by Gasteiger charge is 2.45. The number of allylic oxidation sites excluding steroid dienone is 1. The van der Waals surface area contributed by atoms with Gasteiger partial charge in [0.15, 0.2) is 5.69 Å². The first-order valence-corrected chi connectivity index (χ1v) is 14.1. The number of carbonyl (C=O) groups excluding carboxylic acids is 2. The van der Waals surface area contributed by atoms with Crippen LogP contribution in [0.4, 0.5) is 18.9 Å². The van der Waals surface area contributed by atoms with Gasteiger partial charge in [-0.05, 0) is 69.2 Å². The maximum atomic E-state index is 13.7. The summed E-state index contributed by atoms with van der Waals surface area (Å²) in [6.07, 6.45) is -2.35. The highest BCUT2D eigenvalue weighted by atomic mass is 35.5. The van der Waals surface area contributed by atoms with Crippen molar-refractivity contribution < 1.29 is 27.5 Å². The van der Waals surface area contributed by atoms with E-state index in [9.17, 15) is 22.8 Å². The van der Waals surface area contributed by atoms with Crippen molar-refractivity contribution in [2.24, 2.45) is 0 Å². The maximum Gasteiger partial charge on any atom is 0.436 e. The van der Waals surface area contributed by atoms with Crippen LogP contribution in [-0.2, 0) is 25.9 Å². The molecule has 0 spiro atoms. The predicted octanol–water partition coefficient (Wildman–Crippen LogP) is 5.89. The largest absolute Gasteiger partial charge is 0.499 e. The summed E-state index contributed by atoms with van der Waals surface area (Å²) in [6, 6.07) is 8.88. The molecule has 2 aromatic heterocycles. The van der Waals surface area contributed by atoms with Crippen LogP contribution in [0.2, 0.25) is 5.02 Å². The van der Waals surface area contributed by atoms with E-state index >= 15 is 0 Å². The zero-order valence-corrected chi connectivity index (χ0v) is 25.3. The third-order valence-corrected chi connectivity index (χ3v) is 8.00. The Morgan fingerprint density at radius 1 is 1.14 bits per heavy atom. The first-order valence-electron chi connectivity index (χ1n) is 13.7. The molecule has 10 nitrogen and oxygen atoms in total. The number of ether oxygens (including phenoxy) is 1. The number of anilines is 1. The van der Waals surface area contributed by atoms with E-state index < -0.39 is 35.1 Å². The molecule has 1 aliphatic heterocycles. The Hall–Kier alpha value is -4.52. The number of hydrogen-bond acceptors (Lipinski definition) is 7. The first kappa shape index (κ1) is 30.9. The van der Waals surface area contributed by atoms with Crippen LogP contribution in [0.5, 0.6) is 0 Å². The summed E-state index contributed by atoms with van der Waals surface area (Å²) in [4.78, 5) is 37.6. The van der Waals surface area contributed by atoms with Gasteiger partial charge >= 0.3 is 6.18 Å². The van der Waals surface area contributed by atoms with E-state index in [1.165, 1.54) is 30.3 Å². The average Bonchev–Trinajstić information content (AvgIpc) is 3.46. The van der Waals surface area contributed by atoms with Gasteiger partial charge in [0.25, 0.3) is 0 Å². The number of benzene rings is 2. The van der Waals surface area contributed by atoms with Gasteiger partial charge in [-0.3, -0.25) is 9.59 Å². The van der Waals surface area contributed by atoms with Crippen LogP contribution in [0.3, 0.4) is 0 Å². The quantitative estimate of drug-likeness (QED) is 0.271. The minimum absolute atomic E-state index is 0.172. The van der Waals surface area contributed by atoms with Gasteiger partial charge in [0.2, 0.25) is 11.8 Å².